The molecule has 0 aromatic carbocycles. The highest BCUT2D eigenvalue weighted by molar-refractivity contribution is 5.25. The summed E-state index contributed by atoms with van der Waals surface area (Å²) in [6.07, 6.45) is 6.61. The molecule has 1 atom stereocenters. The zero-order valence-electron chi connectivity index (χ0n) is 13.9. The third-order valence-electron chi connectivity index (χ3n) is 5.21. The van der Waals surface area contributed by atoms with Gasteiger partial charge in [0.1, 0.15) is 0 Å². The number of ether oxygens (including phenoxy) is 1. The number of rotatable bonds is 3. The Bertz CT molecular complexity index is 751. The first-order valence-electron chi connectivity index (χ1n) is 8.73. The predicted octanol–water partition coefficient (Wildman–Crippen LogP) is 1.48. The average molecular weight is 325 g/mol. The van der Waals surface area contributed by atoms with Gasteiger partial charge < -0.3 is 9.30 Å². The Morgan fingerprint density at radius 2 is 1.96 bits per heavy atom. The van der Waals surface area contributed by atoms with Crippen molar-refractivity contribution in [1.29, 1.82) is 0 Å². The summed E-state index contributed by atoms with van der Waals surface area (Å²) in [6, 6.07) is 8.23. The maximum absolute atomic E-state index is 12.5. The van der Waals surface area contributed by atoms with Crippen LogP contribution in [0.25, 0.3) is 0 Å². The molecule has 2 aliphatic heterocycles. The van der Waals surface area contributed by atoms with Gasteiger partial charge in [0, 0.05) is 56.3 Å². The first-order valence-corrected chi connectivity index (χ1v) is 8.73. The molecule has 2 aromatic heterocycles. The average Bonchev–Trinajstić information content (AvgIpc) is 3.06. The molecule has 5 nitrogen and oxygen atoms in total. The van der Waals surface area contributed by atoms with Crippen LogP contribution in [-0.2, 0) is 24.1 Å². The number of aromatic nitrogens is 2. The van der Waals surface area contributed by atoms with Crippen molar-refractivity contribution in [2.24, 2.45) is 0 Å². The van der Waals surface area contributed by atoms with Gasteiger partial charge in [0.15, 0.2) is 0 Å². The molecule has 1 fully saturated rings. The molecule has 4 heterocycles. The van der Waals surface area contributed by atoms with Crippen LogP contribution in [0.1, 0.15) is 23.2 Å². The minimum Gasteiger partial charge on any atom is -0.380 e. The Labute approximate surface area is 141 Å². The summed E-state index contributed by atoms with van der Waals surface area (Å²) in [4.78, 5) is 19.1. The minimum atomic E-state index is 0.0863. The third-order valence-corrected chi connectivity index (χ3v) is 5.21. The molecular formula is C19H23N3O2. The third kappa shape index (κ3) is 3.14. The van der Waals surface area contributed by atoms with E-state index in [0.717, 1.165) is 51.1 Å². The molecule has 4 rings (SSSR count). The fraction of sp³-hybridized carbons (Fsp3) is 0.474. The molecule has 24 heavy (non-hydrogen) atoms. The highest BCUT2D eigenvalue weighted by Gasteiger charge is 2.26. The van der Waals surface area contributed by atoms with E-state index in [0.29, 0.717) is 12.6 Å². The quantitative estimate of drug-likeness (QED) is 0.858. The van der Waals surface area contributed by atoms with Gasteiger partial charge in [0.05, 0.1) is 13.2 Å². The van der Waals surface area contributed by atoms with Crippen molar-refractivity contribution in [2.75, 3.05) is 26.3 Å². The van der Waals surface area contributed by atoms with E-state index >= 15 is 0 Å². The van der Waals surface area contributed by atoms with Gasteiger partial charge >= 0.3 is 0 Å². The summed E-state index contributed by atoms with van der Waals surface area (Å²) in [7, 11) is 0. The highest BCUT2D eigenvalue weighted by Crippen LogP contribution is 2.20. The van der Waals surface area contributed by atoms with E-state index in [9.17, 15) is 4.79 Å². The van der Waals surface area contributed by atoms with Crippen LogP contribution in [0.4, 0.5) is 0 Å². The van der Waals surface area contributed by atoms with E-state index in [1.54, 1.807) is 18.5 Å². The first-order chi connectivity index (χ1) is 11.8. The van der Waals surface area contributed by atoms with Gasteiger partial charge in [-0.2, -0.15) is 0 Å². The predicted molar refractivity (Wildman–Crippen MR) is 92.2 cm³/mol. The first kappa shape index (κ1) is 15.5. The number of pyridine rings is 2. The maximum Gasteiger partial charge on any atom is 0.251 e. The number of hydrogen-bond acceptors (Lipinski definition) is 4. The fourth-order valence-electron chi connectivity index (χ4n) is 3.83. The molecule has 0 unspecified atom stereocenters. The van der Waals surface area contributed by atoms with Gasteiger partial charge in [-0.3, -0.25) is 14.7 Å². The van der Waals surface area contributed by atoms with Crippen molar-refractivity contribution in [1.82, 2.24) is 14.5 Å². The molecule has 126 valence electrons. The van der Waals surface area contributed by atoms with Crippen LogP contribution in [0.2, 0.25) is 0 Å². The summed E-state index contributed by atoms with van der Waals surface area (Å²) in [5.41, 5.74) is 3.71. The summed E-state index contributed by atoms with van der Waals surface area (Å²) >= 11 is 0. The summed E-state index contributed by atoms with van der Waals surface area (Å²) in [6.45, 7) is 4.40. The summed E-state index contributed by atoms with van der Waals surface area (Å²) < 4.78 is 7.49. The van der Waals surface area contributed by atoms with Gasteiger partial charge in [-0.15, -0.1) is 0 Å². The second-order valence-corrected chi connectivity index (χ2v) is 6.64. The lowest BCUT2D eigenvalue weighted by atomic mass is 10.1. The largest absolute Gasteiger partial charge is 0.380 e. The molecule has 2 aliphatic rings. The number of fused-ring (bicyclic) bond motifs is 1. The highest BCUT2D eigenvalue weighted by atomic mass is 16.5. The van der Waals surface area contributed by atoms with E-state index in [-0.39, 0.29) is 5.56 Å². The molecule has 2 aromatic rings. The van der Waals surface area contributed by atoms with E-state index in [1.165, 1.54) is 11.3 Å². The molecule has 0 radical (unpaired) electrons. The molecule has 0 aliphatic carbocycles. The van der Waals surface area contributed by atoms with Crippen molar-refractivity contribution in [3.05, 3.63) is 63.8 Å². The molecule has 1 saturated heterocycles. The maximum atomic E-state index is 12.5. The monoisotopic (exact) mass is 325 g/mol. The molecular weight excluding hydrogens is 302 g/mol. The normalized spacial score (nSPS) is 21.4. The van der Waals surface area contributed by atoms with Crippen LogP contribution in [0, 0.1) is 0 Å². The smallest absolute Gasteiger partial charge is 0.251 e. The Morgan fingerprint density at radius 1 is 1.12 bits per heavy atom. The zero-order valence-corrected chi connectivity index (χ0v) is 13.9. The molecule has 0 amide bonds. The van der Waals surface area contributed by atoms with Crippen LogP contribution in [0.15, 0.2) is 41.5 Å². The lowest BCUT2D eigenvalue weighted by molar-refractivity contribution is 0.146. The van der Waals surface area contributed by atoms with Crippen molar-refractivity contribution in [3.63, 3.8) is 0 Å². The van der Waals surface area contributed by atoms with Gasteiger partial charge in [-0.05, 0) is 36.1 Å². The molecule has 0 saturated carbocycles. The van der Waals surface area contributed by atoms with Crippen LogP contribution >= 0.6 is 0 Å². The van der Waals surface area contributed by atoms with Crippen molar-refractivity contribution < 1.29 is 4.74 Å². The zero-order chi connectivity index (χ0) is 16.4. The van der Waals surface area contributed by atoms with Gasteiger partial charge in [-0.1, -0.05) is 6.07 Å². The Hall–Kier alpha value is -1.98. The SMILES string of the molecule is O=c1ccc2c(n1Cc1ccncc1)CCN([C@@H]1CCOC1)CC2. The number of hydrogen-bond donors (Lipinski definition) is 0. The lowest BCUT2D eigenvalue weighted by Gasteiger charge is -2.25. The van der Waals surface area contributed by atoms with E-state index < -0.39 is 0 Å². The minimum absolute atomic E-state index is 0.0863. The van der Waals surface area contributed by atoms with Gasteiger partial charge in [0.2, 0.25) is 0 Å². The van der Waals surface area contributed by atoms with E-state index in [1.807, 2.05) is 22.8 Å². The van der Waals surface area contributed by atoms with Gasteiger partial charge in [0.25, 0.3) is 5.56 Å². The topological polar surface area (TPSA) is 47.4 Å². The molecule has 0 N–H and O–H groups in total. The summed E-state index contributed by atoms with van der Waals surface area (Å²) in [5.74, 6) is 0. The molecule has 0 bridgehead atoms. The number of nitrogens with zero attached hydrogens (tertiary/aromatic N) is 3. The fourth-order valence-corrected chi connectivity index (χ4v) is 3.83. The second-order valence-electron chi connectivity index (χ2n) is 6.64. The van der Waals surface area contributed by atoms with Crippen molar-refractivity contribution in [2.45, 2.75) is 31.8 Å². The van der Waals surface area contributed by atoms with Crippen molar-refractivity contribution >= 4 is 0 Å². The van der Waals surface area contributed by atoms with Crippen molar-refractivity contribution in [3.8, 4) is 0 Å². The Kier molecular flexibility index (Phi) is 4.45. The van der Waals surface area contributed by atoms with Crippen LogP contribution in [0.3, 0.4) is 0 Å². The van der Waals surface area contributed by atoms with E-state index in [4.69, 9.17) is 4.74 Å². The Morgan fingerprint density at radius 3 is 2.75 bits per heavy atom. The van der Waals surface area contributed by atoms with Crippen LogP contribution in [-0.4, -0.2) is 46.8 Å². The Balaban J connectivity index is 1.60. The van der Waals surface area contributed by atoms with Crippen LogP contribution < -0.4 is 5.56 Å². The lowest BCUT2D eigenvalue weighted by Crippen LogP contribution is -2.37. The van der Waals surface area contributed by atoms with Gasteiger partial charge in [-0.25, -0.2) is 0 Å². The van der Waals surface area contributed by atoms with Crippen LogP contribution in [0.5, 0.6) is 0 Å². The van der Waals surface area contributed by atoms with E-state index in [2.05, 4.69) is 9.88 Å². The standard InChI is InChI=1S/C19H23N3O2/c23-19-2-1-16-5-10-21(17-7-12-24-14-17)11-6-18(16)22(19)13-15-3-8-20-9-4-15/h1-4,8-9,17H,5-7,10-14H2/t17-/m1/s1. The second kappa shape index (κ2) is 6.87. The summed E-state index contributed by atoms with van der Waals surface area (Å²) in [5, 5.41) is 0. The molecule has 0 spiro atoms. The molecule has 5 heteroatoms.